The van der Waals surface area contributed by atoms with Gasteiger partial charge in [0.25, 0.3) is 0 Å². The summed E-state index contributed by atoms with van der Waals surface area (Å²) in [7, 11) is 0. The largest absolute Gasteiger partial charge is 0.275 e. The molecular formula is C7H13NS. The third-order valence-corrected chi connectivity index (χ3v) is 1.43. The molecule has 2 heteroatoms. The van der Waals surface area contributed by atoms with Gasteiger partial charge in [-0.1, -0.05) is 26.7 Å². The van der Waals surface area contributed by atoms with Gasteiger partial charge in [-0.25, -0.2) is 0 Å². The van der Waals surface area contributed by atoms with Gasteiger partial charge in [-0.05, 0) is 0 Å². The Morgan fingerprint density at radius 3 is 2.56 bits per heavy atom. The van der Waals surface area contributed by atoms with Gasteiger partial charge in [0.2, 0.25) is 0 Å². The summed E-state index contributed by atoms with van der Waals surface area (Å²) in [4.78, 5) is 3.80. The average molecular weight is 143 g/mol. The van der Waals surface area contributed by atoms with Crippen molar-refractivity contribution >= 4 is 17.3 Å². The van der Waals surface area contributed by atoms with E-state index in [0.717, 1.165) is 18.7 Å². The van der Waals surface area contributed by atoms with Crippen molar-refractivity contribution in [3.8, 4) is 0 Å². The van der Waals surface area contributed by atoms with Gasteiger partial charge in [0.05, 0.1) is 0 Å². The fourth-order valence-electron chi connectivity index (χ4n) is 0.228. The fraction of sp³-hybridized carbons (Fsp3) is 0.714. The molecule has 0 N–H and O–H groups in total. The molecule has 0 atom stereocenters. The minimum atomic E-state index is 0.977. The Balaban J connectivity index is 0.000000148. The van der Waals surface area contributed by atoms with E-state index in [2.05, 4.69) is 24.4 Å². The predicted molar refractivity (Wildman–Crippen MR) is 45.0 cm³/mol. The van der Waals surface area contributed by atoms with Crippen LogP contribution in [0.15, 0.2) is 4.99 Å². The lowest BCUT2D eigenvalue weighted by atomic mass is 10.4. The van der Waals surface area contributed by atoms with E-state index in [9.17, 15) is 0 Å². The lowest BCUT2D eigenvalue weighted by molar-refractivity contribution is 0.956. The van der Waals surface area contributed by atoms with E-state index in [1.54, 1.807) is 11.8 Å². The van der Waals surface area contributed by atoms with Crippen molar-refractivity contribution in [1.82, 2.24) is 0 Å². The van der Waals surface area contributed by atoms with Gasteiger partial charge in [0.15, 0.2) is 0 Å². The molecule has 0 aromatic heterocycles. The Hall–Kier alpha value is 0.0200. The maximum Gasteiger partial charge on any atom is 0.122 e. The van der Waals surface area contributed by atoms with Crippen molar-refractivity contribution < 1.29 is 0 Å². The number of thioether (sulfide) groups is 1. The molecule has 0 amide bonds. The summed E-state index contributed by atoms with van der Waals surface area (Å²) < 4.78 is 0. The molecule has 1 aliphatic heterocycles. The van der Waals surface area contributed by atoms with Gasteiger partial charge in [-0.15, -0.1) is 11.8 Å². The third kappa shape index (κ3) is 8.02. The van der Waals surface area contributed by atoms with E-state index in [4.69, 9.17) is 0 Å². The summed E-state index contributed by atoms with van der Waals surface area (Å²) in [5.74, 6) is 1.14. The minimum absolute atomic E-state index is 0.977. The summed E-state index contributed by atoms with van der Waals surface area (Å²) in [6.45, 7) is 6.70. The SMILES string of the molecule is [CH2]CCC.[C]1=NCCS1. The van der Waals surface area contributed by atoms with Crippen LogP contribution in [0.25, 0.3) is 0 Å². The molecular weight excluding hydrogens is 130 g/mol. The molecule has 0 unspecified atom stereocenters. The lowest BCUT2D eigenvalue weighted by Crippen LogP contribution is -1.69. The minimum Gasteiger partial charge on any atom is -0.275 e. The van der Waals surface area contributed by atoms with Crippen molar-refractivity contribution in [1.29, 1.82) is 0 Å². The molecule has 2 radical (unpaired) electrons. The number of aliphatic imine (C=N–C) groups is 1. The van der Waals surface area contributed by atoms with Crippen LogP contribution in [0, 0.1) is 6.92 Å². The van der Waals surface area contributed by atoms with E-state index in [1.165, 1.54) is 6.42 Å². The zero-order chi connectivity index (χ0) is 6.95. The fourth-order valence-corrected chi connectivity index (χ4v) is 0.685. The molecule has 52 valence electrons. The molecule has 0 aromatic carbocycles. The Labute approximate surface area is 61.9 Å². The predicted octanol–water partition coefficient (Wildman–Crippen LogP) is 2.26. The highest BCUT2D eigenvalue weighted by atomic mass is 32.2. The van der Waals surface area contributed by atoms with Crippen LogP contribution in [0.4, 0.5) is 0 Å². The maximum atomic E-state index is 3.80. The van der Waals surface area contributed by atoms with Crippen LogP contribution >= 0.6 is 11.8 Å². The van der Waals surface area contributed by atoms with Crippen LogP contribution in [0.2, 0.25) is 0 Å². The normalized spacial score (nSPS) is 14.9. The van der Waals surface area contributed by atoms with Gasteiger partial charge in [0.1, 0.15) is 5.55 Å². The zero-order valence-electron chi connectivity index (χ0n) is 5.89. The van der Waals surface area contributed by atoms with Crippen LogP contribution in [0.5, 0.6) is 0 Å². The van der Waals surface area contributed by atoms with E-state index in [-0.39, 0.29) is 0 Å². The second-order valence-corrected chi connectivity index (χ2v) is 2.55. The molecule has 0 aromatic rings. The van der Waals surface area contributed by atoms with Crippen molar-refractivity contribution in [2.45, 2.75) is 19.8 Å². The second kappa shape index (κ2) is 8.02. The standard InChI is InChI=1S/C4H9.C3H4NS/c1-3-4-2;1-2-5-3-4-1/h1,3-4H2,2H3;1-2H2. The zero-order valence-corrected chi connectivity index (χ0v) is 6.71. The van der Waals surface area contributed by atoms with Crippen molar-refractivity contribution in [3.05, 3.63) is 6.92 Å². The highest BCUT2D eigenvalue weighted by Crippen LogP contribution is 1.99. The topological polar surface area (TPSA) is 12.4 Å². The number of hydrogen-bond donors (Lipinski definition) is 0. The van der Waals surface area contributed by atoms with E-state index in [0.29, 0.717) is 0 Å². The van der Waals surface area contributed by atoms with E-state index < -0.39 is 0 Å². The molecule has 0 saturated carbocycles. The van der Waals surface area contributed by atoms with Gasteiger partial charge in [-0.2, -0.15) is 0 Å². The number of rotatable bonds is 1. The van der Waals surface area contributed by atoms with Crippen molar-refractivity contribution in [2.75, 3.05) is 12.3 Å². The summed E-state index contributed by atoms with van der Waals surface area (Å²) in [5, 5.41) is 0. The molecule has 9 heavy (non-hydrogen) atoms. The van der Waals surface area contributed by atoms with Crippen LogP contribution in [0.1, 0.15) is 19.8 Å². The first-order chi connectivity index (χ1) is 4.41. The highest BCUT2D eigenvalue weighted by Gasteiger charge is 1.87. The van der Waals surface area contributed by atoms with Crippen LogP contribution in [-0.4, -0.2) is 17.8 Å². The summed E-state index contributed by atoms with van der Waals surface area (Å²) in [6.07, 6.45) is 2.28. The monoisotopic (exact) mass is 143 g/mol. The van der Waals surface area contributed by atoms with Crippen molar-refractivity contribution in [3.63, 3.8) is 0 Å². The van der Waals surface area contributed by atoms with Crippen LogP contribution < -0.4 is 0 Å². The molecule has 0 spiro atoms. The van der Waals surface area contributed by atoms with Gasteiger partial charge < -0.3 is 0 Å². The smallest absolute Gasteiger partial charge is 0.122 e. The Bertz CT molecular complexity index is 63.3. The Kier molecular flexibility index (Phi) is 8.04. The lowest BCUT2D eigenvalue weighted by Gasteiger charge is -1.67. The Morgan fingerprint density at radius 2 is 2.44 bits per heavy atom. The highest BCUT2D eigenvalue weighted by molar-refractivity contribution is 8.12. The maximum absolute atomic E-state index is 3.80. The van der Waals surface area contributed by atoms with E-state index in [1.807, 2.05) is 0 Å². The quantitative estimate of drug-likeness (QED) is 0.548. The average Bonchev–Trinajstić information content (AvgIpc) is 2.43. The second-order valence-electron chi connectivity index (χ2n) is 1.68. The molecule has 1 rings (SSSR count). The number of nitrogens with zero attached hydrogens (tertiary/aromatic N) is 1. The molecule has 0 saturated heterocycles. The molecule has 0 fully saturated rings. The first kappa shape index (κ1) is 9.02. The van der Waals surface area contributed by atoms with E-state index >= 15 is 0 Å². The van der Waals surface area contributed by atoms with Crippen LogP contribution in [0.3, 0.4) is 0 Å². The third-order valence-electron chi connectivity index (χ3n) is 0.788. The van der Waals surface area contributed by atoms with Gasteiger partial charge in [0, 0.05) is 12.3 Å². The molecule has 1 nitrogen and oxygen atoms in total. The molecule has 0 aliphatic carbocycles. The molecule has 0 bridgehead atoms. The first-order valence-corrected chi connectivity index (χ1v) is 4.23. The van der Waals surface area contributed by atoms with Crippen LogP contribution in [-0.2, 0) is 0 Å². The molecule has 1 aliphatic rings. The summed E-state index contributed by atoms with van der Waals surface area (Å²) in [5.41, 5.74) is 2.76. The molecule has 1 heterocycles. The number of unbranched alkanes of at least 4 members (excludes halogenated alkanes) is 1. The summed E-state index contributed by atoms with van der Waals surface area (Å²) in [6, 6.07) is 0. The Morgan fingerprint density at radius 1 is 1.78 bits per heavy atom. The van der Waals surface area contributed by atoms with Gasteiger partial charge >= 0.3 is 0 Å². The van der Waals surface area contributed by atoms with Crippen molar-refractivity contribution in [2.24, 2.45) is 4.99 Å². The summed E-state index contributed by atoms with van der Waals surface area (Å²) >= 11 is 1.66. The first-order valence-electron chi connectivity index (χ1n) is 3.24. The number of hydrogen-bond acceptors (Lipinski definition) is 2. The van der Waals surface area contributed by atoms with Gasteiger partial charge in [-0.3, -0.25) is 4.99 Å².